The fraction of sp³-hybridized carbons (Fsp3) is 0.438. The predicted octanol–water partition coefficient (Wildman–Crippen LogP) is 2.47. The zero-order valence-electron chi connectivity index (χ0n) is 13.4. The number of anilines is 2. The Bertz CT molecular complexity index is 687. The topological polar surface area (TPSA) is 70.2 Å². The molecule has 1 aliphatic heterocycles. The van der Waals surface area contributed by atoms with Gasteiger partial charge in [0.1, 0.15) is 5.82 Å². The molecule has 1 saturated heterocycles. The van der Waals surface area contributed by atoms with Gasteiger partial charge < -0.3 is 15.5 Å². The lowest BCUT2D eigenvalue weighted by Crippen LogP contribution is -2.36. The third kappa shape index (κ3) is 3.68. The summed E-state index contributed by atoms with van der Waals surface area (Å²) in [6.45, 7) is 3.14. The summed E-state index contributed by atoms with van der Waals surface area (Å²) in [6, 6.07) is 5.96. The molecule has 0 aromatic carbocycles. The number of carbonyl (C=O) groups is 1. The lowest BCUT2D eigenvalue weighted by Gasteiger charge is -2.24. The van der Waals surface area contributed by atoms with Crippen LogP contribution in [0.25, 0.3) is 0 Å². The van der Waals surface area contributed by atoms with Crippen molar-refractivity contribution in [2.45, 2.75) is 25.8 Å². The third-order valence-electron chi connectivity index (χ3n) is 3.87. The lowest BCUT2D eigenvalue weighted by atomic mass is 10.1. The number of hydrogen-bond donors (Lipinski definition) is 2. The number of nitrogens with zero attached hydrogens (tertiary/aromatic N) is 3. The minimum Gasteiger partial charge on any atom is -0.333 e. The summed E-state index contributed by atoms with van der Waals surface area (Å²) in [4.78, 5) is 23.2. The molecule has 2 aromatic rings. The van der Waals surface area contributed by atoms with Gasteiger partial charge in [0.25, 0.3) is 0 Å². The minimum absolute atomic E-state index is 0.0654. The number of nitrogens with one attached hydrogen (secondary N) is 2. The van der Waals surface area contributed by atoms with E-state index in [1.165, 1.54) is 0 Å². The summed E-state index contributed by atoms with van der Waals surface area (Å²) in [5.41, 5.74) is 1.93. The van der Waals surface area contributed by atoms with Gasteiger partial charge in [-0.15, -0.1) is 11.3 Å². The molecule has 1 aliphatic rings. The Balaban J connectivity index is 1.77. The zero-order valence-corrected chi connectivity index (χ0v) is 14.2. The van der Waals surface area contributed by atoms with E-state index in [1.807, 2.05) is 35.4 Å². The summed E-state index contributed by atoms with van der Waals surface area (Å²) >= 11 is 1.56. The molecular formula is C16H21N5OS. The van der Waals surface area contributed by atoms with Crippen molar-refractivity contribution in [3.8, 4) is 0 Å². The van der Waals surface area contributed by atoms with Crippen molar-refractivity contribution < 1.29 is 4.79 Å². The van der Waals surface area contributed by atoms with E-state index in [-0.39, 0.29) is 11.9 Å². The molecule has 2 N–H and O–H groups in total. The molecule has 1 amide bonds. The minimum atomic E-state index is 0.0654. The van der Waals surface area contributed by atoms with Crippen molar-refractivity contribution in [1.29, 1.82) is 0 Å². The van der Waals surface area contributed by atoms with Gasteiger partial charge in [-0.25, -0.2) is 9.97 Å². The number of aromatic nitrogens is 2. The Morgan fingerprint density at radius 2 is 2.30 bits per heavy atom. The second-order valence-electron chi connectivity index (χ2n) is 5.64. The molecule has 1 unspecified atom stereocenters. The van der Waals surface area contributed by atoms with Crippen LogP contribution in [0.4, 0.5) is 10.9 Å². The first kappa shape index (κ1) is 15.9. The van der Waals surface area contributed by atoms with Crippen LogP contribution < -0.4 is 10.6 Å². The van der Waals surface area contributed by atoms with Crippen molar-refractivity contribution in [3.05, 3.63) is 35.0 Å². The van der Waals surface area contributed by atoms with E-state index in [9.17, 15) is 4.79 Å². The van der Waals surface area contributed by atoms with Crippen LogP contribution in [0, 0.1) is 6.92 Å². The quantitative estimate of drug-likeness (QED) is 0.881. The van der Waals surface area contributed by atoms with Gasteiger partial charge in [-0.2, -0.15) is 0 Å². The standard InChI is InChI=1S/C16H21N5OS/c1-11-10-23-16(18-11)20-14-7-3-5-12(19-14)13-6-4-8-21(13)15(22)9-17-2/h3,5,7,10,13,17H,4,6,8-9H2,1-2H3,(H,18,19,20). The van der Waals surface area contributed by atoms with E-state index >= 15 is 0 Å². The van der Waals surface area contributed by atoms with E-state index < -0.39 is 0 Å². The first-order valence-corrected chi connectivity index (χ1v) is 8.65. The number of likely N-dealkylation sites (N-methyl/N-ethyl adjacent to an activating group) is 1. The maximum Gasteiger partial charge on any atom is 0.237 e. The molecule has 0 spiro atoms. The maximum atomic E-state index is 12.2. The molecule has 1 atom stereocenters. The Hall–Kier alpha value is -1.99. The van der Waals surface area contributed by atoms with Crippen LogP contribution in [0.3, 0.4) is 0 Å². The molecule has 23 heavy (non-hydrogen) atoms. The van der Waals surface area contributed by atoms with Crippen LogP contribution in [0.15, 0.2) is 23.6 Å². The largest absolute Gasteiger partial charge is 0.333 e. The van der Waals surface area contributed by atoms with Crippen LogP contribution in [-0.2, 0) is 4.79 Å². The van der Waals surface area contributed by atoms with Crippen molar-refractivity contribution in [2.75, 3.05) is 25.5 Å². The maximum absolute atomic E-state index is 12.2. The Morgan fingerprint density at radius 1 is 1.43 bits per heavy atom. The molecular weight excluding hydrogens is 310 g/mol. The molecule has 3 rings (SSSR count). The van der Waals surface area contributed by atoms with Crippen LogP contribution in [0.1, 0.15) is 30.3 Å². The summed E-state index contributed by atoms with van der Waals surface area (Å²) in [5.74, 6) is 0.899. The summed E-state index contributed by atoms with van der Waals surface area (Å²) in [6.07, 6.45) is 1.98. The Labute approximate surface area is 140 Å². The van der Waals surface area contributed by atoms with Gasteiger partial charge in [-0.05, 0) is 38.9 Å². The highest BCUT2D eigenvalue weighted by Crippen LogP contribution is 2.31. The molecule has 0 radical (unpaired) electrons. The van der Waals surface area contributed by atoms with Crippen LogP contribution >= 0.6 is 11.3 Å². The molecule has 0 bridgehead atoms. The monoisotopic (exact) mass is 331 g/mol. The zero-order chi connectivity index (χ0) is 16.2. The van der Waals surface area contributed by atoms with Gasteiger partial charge in [0.15, 0.2) is 5.13 Å². The number of amides is 1. The molecule has 7 heteroatoms. The molecule has 1 fully saturated rings. The molecule has 0 saturated carbocycles. The first-order valence-electron chi connectivity index (χ1n) is 7.77. The highest BCUT2D eigenvalue weighted by Gasteiger charge is 2.30. The fourth-order valence-electron chi connectivity index (χ4n) is 2.85. The smallest absolute Gasteiger partial charge is 0.237 e. The van der Waals surface area contributed by atoms with Crippen molar-refractivity contribution >= 4 is 28.2 Å². The molecule has 0 aliphatic carbocycles. The van der Waals surface area contributed by atoms with Gasteiger partial charge in [-0.3, -0.25) is 4.79 Å². The molecule has 3 heterocycles. The van der Waals surface area contributed by atoms with Crippen molar-refractivity contribution in [1.82, 2.24) is 20.2 Å². The summed E-state index contributed by atoms with van der Waals surface area (Å²) in [5, 5.41) is 9.01. The average Bonchev–Trinajstić information content (AvgIpc) is 3.17. The van der Waals surface area contributed by atoms with Crippen LogP contribution in [0.2, 0.25) is 0 Å². The number of carbonyl (C=O) groups excluding carboxylic acids is 1. The summed E-state index contributed by atoms with van der Waals surface area (Å²) in [7, 11) is 1.79. The number of thiazole rings is 1. The van der Waals surface area contributed by atoms with E-state index in [0.717, 1.165) is 41.7 Å². The third-order valence-corrected chi connectivity index (χ3v) is 4.74. The number of pyridine rings is 1. The SMILES string of the molecule is CNCC(=O)N1CCCC1c1cccc(Nc2nc(C)cs2)n1. The van der Waals surface area contributed by atoms with Crippen molar-refractivity contribution in [3.63, 3.8) is 0 Å². The fourth-order valence-corrected chi connectivity index (χ4v) is 3.55. The van der Waals surface area contributed by atoms with Crippen LogP contribution in [0.5, 0.6) is 0 Å². The van der Waals surface area contributed by atoms with E-state index in [0.29, 0.717) is 6.54 Å². The number of hydrogen-bond acceptors (Lipinski definition) is 6. The number of aryl methyl sites for hydroxylation is 1. The second-order valence-corrected chi connectivity index (χ2v) is 6.50. The van der Waals surface area contributed by atoms with Gasteiger partial charge in [-0.1, -0.05) is 6.07 Å². The predicted molar refractivity (Wildman–Crippen MR) is 92.0 cm³/mol. The summed E-state index contributed by atoms with van der Waals surface area (Å²) < 4.78 is 0. The molecule has 122 valence electrons. The first-order chi connectivity index (χ1) is 11.2. The van der Waals surface area contributed by atoms with Gasteiger partial charge in [0.05, 0.1) is 24.0 Å². The van der Waals surface area contributed by atoms with E-state index in [4.69, 9.17) is 4.98 Å². The highest BCUT2D eigenvalue weighted by atomic mass is 32.1. The molecule has 6 nitrogen and oxygen atoms in total. The highest BCUT2D eigenvalue weighted by molar-refractivity contribution is 7.13. The van der Waals surface area contributed by atoms with Gasteiger partial charge >= 0.3 is 0 Å². The Kier molecular flexibility index (Phi) is 4.88. The number of rotatable bonds is 5. The molecule has 2 aromatic heterocycles. The van der Waals surface area contributed by atoms with Crippen molar-refractivity contribution in [2.24, 2.45) is 0 Å². The number of likely N-dealkylation sites (tertiary alicyclic amines) is 1. The van der Waals surface area contributed by atoms with Gasteiger partial charge in [0.2, 0.25) is 5.91 Å². The van der Waals surface area contributed by atoms with E-state index in [1.54, 1.807) is 18.4 Å². The van der Waals surface area contributed by atoms with Gasteiger partial charge in [0, 0.05) is 11.9 Å². The normalized spacial score (nSPS) is 17.5. The Morgan fingerprint density at radius 3 is 3.04 bits per heavy atom. The lowest BCUT2D eigenvalue weighted by molar-refractivity contribution is -0.131. The average molecular weight is 331 g/mol. The van der Waals surface area contributed by atoms with Crippen LogP contribution in [-0.4, -0.2) is 40.9 Å². The van der Waals surface area contributed by atoms with E-state index in [2.05, 4.69) is 15.6 Å². The second kappa shape index (κ2) is 7.06.